The first kappa shape index (κ1) is 17.7. The molecule has 0 bridgehead atoms. The average molecular weight is 363 g/mol. The highest BCUT2D eigenvalue weighted by atomic mass is 16.5. The van der Waals surface area contributed by atoms with E-state index in [2.05, 4.69) is 34.1 Å². The van der Waals surface area contributed by atoms with Gasteiger partial charge in [-0.05, 0) is 42.7 Å². The van der Waals surface area contributed by atoms with Crippen LogP contribution in [0.4, 0.5) is 5.69 Å². The molecule has 0 atom stereocenters. The number of nitrogens with zero attached hydrogens (tertiary/aromatic N) is 3. The average Bonchev–Trinajstić information content (AvgIpc) is 3.12. The number of hydrogen-bond acceptors (Lipinski definition) is 4. The van der Waals surface area contributed by atoms with Gasteiger partial charge in [-0.25, -0.2) is 4.98 Å². The number of ketones is 1. The Bertz CT molecular complexity index is 924. The normalized spacial score (nSPS) is 14.6. The number of fused-ring (bicyclic) bond motifs is 1. The predicted octanol–water partition coefficient (Wildman–Crippen LogP) is 3.55. The van der Waals surface area contributed by atoms with Gasteiger partial charge in [-0.1, -0.05) is 25.1 Å². The van der Waals surface area contributed by atoms with E-state index in [0.29, 0.717) is 6.42 Å². The third-order valence-electron chi connectivity index (χ3n) is 5.15. The van der Waals surface area contributed by atoms with E-state index in [1.807, 2.05) is 35.7 Å². The SMILES string of the molecule is CCc1nc2ccccn2c1C(=O)CCc1ccc(N2CCOCC2)cc1. The molecule has 5 heteroatoms. The first-order chi connectivity index (χ1) is 13.3. The number of rotatable bonds is 6. The summed E-state index contributed by atoms with van der Waals surface area (Å²) >= 11 is 0. The first-order valence-electron chi connectivity index (χ1n) is 9.67. The fraction of sp³-hybridized carbons (Fsp3) is 0.364. The summed E-state index contributed by atoms with van der Waals surface area (Å²) in [7, 11) is 0. The lowest BCUT2D eigenvalue weighted by molar-refractivity contribution is 0.0976. The first-order valence-corrected chi connectivity index (χ1v) is 9.67. The molecule has 3 aromatic rings. The van der Waals surface area contributed by atoms with Crippen LogP contribution < -0.4 is 4.90 Å². The Labute approximate surface area is 159 Å². The lowest BCUT2D eigenvalue weighted by Crippen LogP contribution is -2.36. The Kier molecular flexibility index (Phi) is 5.21. The summed E-state index contributed by atoms with van der Waals surface area (Å²) in [5.74, 6) is 0.155. The van der Waals surface area contributed by atoms with E-state index in [9.17, 15) is 4.79 Å². The molecule has 1 aliphatic heterocycles. The van der Waals surface area contributed by atoms with Crippen molar-refractivity contribution in [2.24, 2.45) is 0 Å². The molecule has 1 aromatic carbocycles. The van der Waals surface area contributed by atoms with Crippen molar-refractivity contribution in [1.82, 2.24) is 9.38 Å². The minimum atomic E-state index is 0.155. The second-order valence-electron chi connectivity index (χ2n) is 6.88. The monoisotopic (exact) mass is 363 g/mol. The van der Waals surface area contributed by atoms with E-state index in [1.165, 1.54) is 11.3 Å². The molecule has 140 valence electrons. The molecule has 4 rings (SSSR count). The van der Waals surface area contributed by atoms with Gasteiger partial charge in [0.1, 0.15) is 11.3 Å². The van der Waals surface area contributed by atoms with Crippen molar-refractivity contribution >= 4 is 17.1 Å². The molecule has 2 aromatic heterocycles. The number of carbonyl (C=O) groups excluding carboxylic acids is 1. The molecule has 0 radical (unpaired) electrons. The quantitative estimate of drug-likeness (QED) is 0.629. The highest BCUT2D eigenvalue weighted by Crippen LogP contribution is 2.19. The van der Waals surface area contributed by atoms with Gasteiger partial charge < -0.3 is 9.64 Å². The van der Waals surface area contributed by atoms with Crippen molar-refractivity contribution in [3.05, 3.63) is 65.6 Å². The van der Waals surface area contributed by atoms with Gasteiger partial charge in [0, 0.05) is 31.4 Å². The third kappa shape index (κ3) is 3.74. The van der Waals surface area contributed by atoms with Crippen LogP contribution >= 0.6 is 0 Å². The Morgan fingerprint density at radius 3 is 2.63 bits per heavy atom. The Morgan fingerprint density at radius 1 is 1.11 bits per heavy atom. The zero-order chi connectivity index (χ0) is 18.6. The van der Waals surface area contributed by atoms with Crippen LogP contribution in [0.2, 0.25) is 0 Å². The molecular weight excluding hydrogens is 338 g/mol. The number of aromatic nitrogens is 2. The molecule has 27 heavy (non-hydrogen) atoms. The van der Waals surface area contributed by atoms with Crippen molar-refractivity contribution in [3.8, 4) is 0 Å². The van der Waals surface area contributed by atoms with E-state index in [-0.39, 0.29) is 5.78 Å². The van der Waals surface area contributed by atoms with Gasteiger partial charge in [-0.2, -0.15) is 0 Å². The molecular formula is C22H25N3O2. The van der Waals surface area contributed by atoms with E-state index < -0.39 is 0 Å². The maximum atomic E-state index is 12.9. The largest absolute Gasteiger partial charge is 0.378 e. The van der Waals surface area contributed by atoms with Crippen LogP contribution in [0.25, 0.3) is 5.65 Å². The molecule has 1 fully saturated rings. The van der Waals surface area contributed by atoms with Gasteiger partial charge in [-0.3, -0.25) is 9.20 Å². The lowest BCUT2D eigenvalue weighted by Gasteiger charge is -2.28. The fourth-order valence-electron chi connectivity index (χ4n) is 3.66. The zero-order valence-corrected chi connectivity index (χ0v) is 15.7. The van der Waals surface area contributed by atoms with Crippen LogP contribution in [-0.2, 0) is 17.6 Å². The zero-order valence-electron chi connectivity index (χ0n) is 15.7. The molecule has 1 aliphatic rings. The predicted molar refractivity (Wildman–Crippen MR) is 107 cm³/mol. The van der Waals surface area contributed by atoms with Crippen molar-refractivity contribution < 1.29 is 9.53 Å². The van der Waals surface area contributed by atoms with Crippen LogP contribution in [0, 0.1) is 0 Å². The van der Waals surface area contributed by atoms with Gasteiger partial charge in [0.05, 0.1) is 18.9 Å². The summed E-state index contributed by atoms with van der Waals surface area (Å²) in [6, 6.07) is 14.4. The molecule has 0 aliphatic carbocycles. The smallest absolute Gasteiger partial charge is 0.181 e. The molecule has 0 N–H and O–H groups in total. The van der Waals surface area contributed by atoms with E-state index in [0.717, 1.165) is 56.2 Å². The van der Waals surface area contributed by atoms with Gasteiger partial charge in [0.15, 0.2) is 5.78 Å². The maximum absolute atomic E-state index is 12.9. The molecule has 1 saturated heterocycles. The Morgan fingerprint density at radius 2 is 1.89 bits per heavy atom. The fourth-order valence-corrected chi connectivity index (χ4v) is 3.66. The Hall–Kier alpha value is -2.66. The number of pyridine rings is 1. The second-order valence-corrected chi connectivity index (χ2v) is 6.88. The molecule has 0 unspecified atom stereocenters. The molecule has 0 saturated carbocycles. The van der Waals surface area contributed by atoms with Crippen molar-refractivity contribution in [2.45, 2.75) is 26.2 Å². The summed E-state index contributed by atoms with van der Waals surface area (Å²) in [5, 5.41) is 0. The van der Waals surface area contributed by atoms with Crippen molar-refractivity contribution in [2.75, 3.05) is 31.2 Å². The standard InChI is InChI=1S/C22H25N3O2/c1-2-19-22(25-12-4-3-5-21(25)23-19)20(26)11-8-17-6-9-18(10-7-17)24-13-15-27-16-14-24/h3-7,9-10,12H,2,8,11,13-16H2,1H3. The van der Waals surface area contributed by atoms with Gasteiger partial charge in [-0.15, -0.1) is 0 Å². The minimum Gasteiger partial charge on any atom is -0.378 e. The summed E-state index contributed by atoms with van der Waals surface area (Å²) in [6.45, 7) is 5.49. The topological polar surface area (TPSA) is 46.8 Å². The number of hydrogen-bond donors (Lipinski definition) is 0. The molecule has 5 nitrogen and oxygen atoms in total. The summed E-state index contributed by atoms with van der Waals surface area (Å²) in [4.78, 5) is 19.8. The number of carbonyl (C=O) groups is 1. The van der Waals surface area contributed by atoms with Gasteiger partial charge in [0.25, 0.3) is 0 Å². The van der Waals surface area contributed by atoms with Crippen molar-refractivity contribution in [1.29, 1.82) is 0 Å². The molecule has 3 heterocycles. The Balaban J connectivity index is 1.45. The summed E-state index contributed by atoms with van der Waals surface area (Å²) < 4.78 is 7.33. The van der Waals surface area contributed by atoms with E-state index in [1.54, 1.807) is 0 Å². The lowest BCUT2D eigenvalue weighted by atomic mass is 10.0. The maximum Gasteiger partial charge on any atom is 0.181 e. The van der Waals surface area contributed by atoms with Crippen LogP contribution in [-0.4, -0.2) is 41.5 Å². The van der Waals surface area contributed by atoms with Gasteiger partial charge >= 0.3 is 0 Å². The van der Waals surface area contributed by atoms with Crippen molar-refractivity contribution in [3.63, 3.8) is 0 Å². The van der Waals surface area contributed by atoms with Gasteiger partial charge in [0.2, 0.25) is 0 Å². The third-order valence-corrected chi connectivity index (χ3v) is 5.15. The number of ether oxygens (including phenoxy) is 1. The number of imidazole rings is 1. The highest BCUT2D eigenvalue weighted by Gasteiger charge is 2.18. The van der Waals surface area contributed by atoms with Crippen LogP contribution in [0.5, 0.6) is 0 Å². The second kappa shape index (κ2) is 7.92. The molecule has 0 spiro atoms. The highest BCUT2D eigenvalue weighted by molar-refractivity contribution is 5.96. The number of aryl methyl sites for hydroxylation is 2. The van der Waals surface area contributed by atoms with Crippen LogP contribution in [0.1, 0.15) is 35.1 Å². The number of anilines is 1. The summed E-state index contributed by atoms with van der Waals surface area (Å²) in [5.41, 5.74) is 4.87. The van der Waals surface area contributed by atoms with E-state index in [4.69, 9.17) is 4.74 Å². The number of Topliss-reactive ketones (excluding diaryl/α,β-unsaturated/α-hetero) is 1. The molecule has 0 amide bonds. The van der Waals surface area contributed by atoms with Crippen LogP contribution in [0.3, 0.4) is 0 Å². The summed E-state index contributed by atoms with van der Waals surface area (Å²) in [6.07, 6.45) is 3.92. The van der Waals surface area contributed by atoms with Crippen LogP contribution in [0.15, 0.2) is 48.7 Å². The number of morpholine rings is 1. The number of benzene rings is 1. The minimum absolute atomic E-state index is 0.155. The van der Waals surface area contributed by atoms with E-state index >= 15 is 0 Å².